The molecule has 0 aromatic carbocycles. The third-order valence-corrected chi connectivity index (χ3v) is 3.22. The molecule has 1 unspecified atom stereocenters. The van der Waals surface area contributed by atoms with E-state index in [1.54, 1.807) is 6.92 Å². The molecule has 1 aliphatic heterocycles. The highest BCUT2D eigenvalue weighted by molar-refractivity contribution is 7.80. The average Bonchev–Trinajstić information content (AvgIpc) is 2.28. The maximum Gasteiger partial charge on any atom is 0.325 e. The van der Waals surface area contributed by atoms with Crippen LogP contribution < -0.4 is 11.1 Å². The molecule has 3 N–H and O–H groups in total. The lowest BCUT2D eigenvalue weighted by atomic mass is 9.75. The molecule has 6 heteroatoms. The number of hydrogen-bond donors (Lipinski definition) is 2. The Morgan fingerprint density at radius 1 is 1.50 bits per heavy atom. The SMILES string of the molecule is CC(C)(C)C1(C)NC(=O)N(CC(N)=S)C1=O. The Balaban J connectivity index is 3.03. The van der Waals surface area contributed by atoms with Gasteiger partial charge in [-0.3, -0.25) is 9.69 Å². The van der Waals surface area contributed by atoms with Crippen LogP contribution in [0.3, 0.4) is 0 Å². The van der Waals surface area contributed by atoms with E-state index in [0.717, 1.165) is 4.90 Å². The molecule has 0 aromatic rings. The summed E-state index contributed by atoms with van der Waals surface area (Å²) in [5.74, 6) is -0.280. The molecule has 3 amide bonds. The highest BCUT2D eigenvalue weighted by atomic mass is 32.1. The van der Waals surface area contributed by atoms with Crippen LogP contribution in [0.5, 0.6) is 0 Å². The van der Waals surface area contributed by atoms with E-state index < -0.39 is 11.6 Å². The molecule has 90 valence electrons. The second-order valence-corrected chi connectivity index (χ2v) is 5.69. The third-order valence-electron chi connectivity index (χ3n) is 3.09. The van der Waals surface area contributed by atoms with Gasteiger partial charge in [-0.05, 0) is 12.3 Å². The summed E-state index contributed by atoms with van der Waals surface area (Å²) in [5, 5.41) is 2.70. The molecule has 1 rings (SSSR count). The van der Waals surface area contributed by atoms with Gasteiger partial charge in [0.1, 0.15) is 5.54 Å². The van der Waals surface area contributed by atoms with E-state index in [9.17, 15) is 9.59 Å². The monoisotopic (exact) mass is 243 g/mol. The van der Waals surface area contributed by atoms with Crippen LogP contribution >= 0.6 is 12.2 Å². The van der Waals surface area contributed by atoms with Crippen LogP contribution in [-0.4, -0.2) is 33.9 Å². The van der Waals surface area contributed by atoms with E-state index in [0.29, 0.717) is 0 Å². The number of nitrogens with zero attached hydrogens (tertiary/aromatic N) is 1. The lowest BCUT2D eigenvalue weighted by Gasteiger charge is -2.35. The van der Waals surface area contributed by atoms with Crippen molar-refractivity contribution in [1.82, 2.24) is 10.2 Å². The van der Waals surface area contributed by atoms with Crippen LogP contribution in [0.15, 0.2) is 0 Å². The summed E-state index contributed by atoms with van der Waals surface area (Å²) >= 11 is 4.71. The smallest absolute Gasteiger partial charge is 0.325 e. The largest absolute Gasteiger partial charge is 0.392 e. The van der Waals surface area contributed by atoms with Crippen molar-refractivity contribution in [3.63, 3.8) is 0 Å². The van der Waals surface area contributed by atoms with Gasteiger partial charge in [0.25, 0.3) is 5.91 Å². The summed E-state index contributed by atoms with van der Waals surface area (Å²) in [6.07, 6.45) is 0. The van der Waals surface area contributed by atoms with Gasteiger partial charge in [-0.15, -0.1) is 0 Å². The number of carbonyl (C=O) groups is 2. The van der Waals surface area contributed by atoms with Gasteiger partial charge < -0.3 is 11.1 Å². The standard InChI is InChI=1S/C10H17N3O2S/c1-9(2,3)10(4)7(14)13(5-6(11)16)8(15)12-10/h5H2,1-4H3,(H2,11,16)(H,12,15). The molecule has 0 aromatic heterocycles. The number of carbonyl (C=O) groups excluding carboxylic acids is 2. The molecule has 0 aliphatic carbocycles. The van der Waals surface area contributed by atoms with Crippen molar-refractivity contribution >= 4 is 29.1 Å². The predicted octanol–water partition coefficient (Wildman–Crippen LogP) is 0.629. The maximum absolute atomic E-state index is 12.1. The van der Waals surface area contributed by atoms with Crippen molar-refractivity contribution < 1.29 is 9.59 Å². The van der Waals surface area contributed by atoms with Gasteiger partial charge in [0, 0.05) is 0 Å². The molecule has 0 bridgehead atoms. The number of imide groups is 1. The zero-order valence-electron chi connectivity index (χ0n) is 9.96. The summed E-state index contributed by atoms with van der Waals surface area (Å²) < 4.78 is 0. The Labute approximate surface area is 100 Å². The molecular weight excluding hydrogens is 226 g/mol. The van der Waals surface area contributed by atoms with Crippen molar-refractivity contribution in [2.75, 3.05) is 6.54 Å². The molecule has 1 heterocycles. The molecule has 1 aliphatic rings. The second kappa shape index (κ2) is 3.69. The Morgan fingerprint density at radius 3 is 2.31 bits per heavy atom. The quantitative estimate of drug-likeness (QED) is 0.551. The van der Waals surface area contributed by atoms with Crippen molar-refractivity contribution in [3.8, 4) is 0 Å². The molecular formula is C10H17N3O2S. The first-order valence-electron chi connectivity index (χ1n) is 5.02. The summed E-state index contributed by atoms with van der Waals surface area (Å²) in [6, 6.07) is -0.435. The minimum atomic E-state index is -0.908. The van der Waals surface area contributed by atoms with Crippen LogP contribution in [0.4, 0.5) is 4.79 Å². The molecule has 1 saturated heterocycles. The molecule has 0 saturated carbocycles. The van der Waals surface area contributed by atoms with Gasteiger partial charge in [-0.2, -0.15) is 0 Å². The number of urea groups is 1. The Bertz CT molecular complexity index is 362. The number of nitrogens with two attached hydrogens (primary N) is 1. The predicted molar refractivity (Wildman–Crippen MR) is 64.9 cm³/mol. The normalized spacial score (nSPS) is 25.9. The summed E-state index contributed by atoms with van der Waals surface area (Å²) in [7, 11) is 0. The summed E-state index contributed by atoms with van der Waals surface area (Å²) in [5.41, 5.74) is 4.07. The number of nitrogens with one attached hydrogen (secondary N) is 1. The minimum Gasteiger partial charge on any atom is -0.392 e. The fraction of sp³-hybridized carbons (Fsp3) is 0.700. The molecule has 16 heavy (non-hydrogen) atoms. The van der Waals surface area contributed by atoms with E-state index >= 15 is 0 Å². The van der Waals surface area contributed by atoms with E-state index in [4.69, 9.17) is 18.0 Å². The first kappa shape index (κ1) is 12.9. The third kappa shape index (κ3) is 1.89. The van der Waals surface area contributed by atoms with Crippen LogP contribution in [0.2, 0.25) is 0 Å². The van der Waals surface area contributed by atoms with Crippen molar-refractivity contribution in [1.29, 1.82) is 0 Å². The Morgan fingerprint density at radius 2 is 2.00 bits per heavy atom. The van der Waals surface area contributed by atoms with Crippen LogP contribution in [0.1, 0.15) is 27.7 Å². The zero-order valence-corrected chi connectivity index (χ0v) is 10.8. The van der Waals surface area contributed by atoms with E-state index in [-0.39, 0.29) is 22.9 Å². The number of amides is 3. The van der Waals surface area contributed by atoms with Gasteiger partial charge in [0.05, 0.1) is 11.5 Å². The number of hydrogen-bond acceptors (Lipinski definition) is 3. The van der Waals surface area contributed by atoms with E-state index in [1.165, 1.54) is 0 Å². The van der Waals surface area contributed by atoms with Crippen molar-refractivity contribution in [2.24, 2.45) is 11.1 Å². The highest BCUT2D eigenvalue weighted by Gasteiger charge is 2.54. The van der Waals surface area contributed by atoms with Gasteiger partial charge in [-0.1, -0.05) is 33.0 Å². The number of thiocarbonyl (C=S) groups is 1. The lowest BCUT2D eigenvalue weighted by Crippen LogP contribution is -2.54. The molecule has 5 nitrogen and oxygen atoms in total. The summed E-state index contributed by atoms with van der Waals surface area (Å²) in [6.45, 7) is 7.40. The molecule has 1 atom stereocenters. The van der Waals surface area contributed by atoms with Crippen LogP contribution in [0, 0.1) is 5.41 Å². The van der Waals surface area contributed by atoms with E-state index in [2.05, 4.69) is 5.32 Å². The van der Waals surface area contributed by atoms with Crippen molar-refractivity contribution in [3.05, 3.63) is 0 Å². The highest BCUT2D eigenvalue weighted by Crippen LogP contribution is 2.35. The Kier molecular flexibility index (Phi) is 2.98. The van der Waals surface area contributed by atoms with Gasteiger partial charge >= 0.3 is 6.03 Å². The first-order chi connectivity index (χ1) is 7.09. The fourth-order valence-corrected chi connectivity index (χ4v) is 1.63. The Hall–Kier alpha value is -1.17. The van der Waals surface area contributed by atoms with Gasteiger partial charge in [0.15, 0.2) is 0 Å². The second-order valence-electron chi connectivity index (χ2n) is 5.16. The van der Waals surface area contributed by atoms with Gasteiger partial charge in [-0.25, -0.2) is 4.79 Å². The average molecular weight is 243 g/mol. The van der Waals surface area contributed by atoms with E-state index in [1.807, 2.05) is 20.8 Å². The molecule has 0 spiro atoms. The maximum atomic E-state index is 12.1. The van der Waals surface area contributed by atoms with Crippen LogP contribution in [0.25, 0.3) is 0 Å². The molecule has 1 fully saturated rings. The first-order valence-corrected chi connectivity index (χ1v) is 5.43. The van der Waals surface area contributed by atoms with Crippen molar-refractivity contribution in [2.45, 2.75) is 33.2 Å². The summed E-state index contributed by atoms with van der Waals surface area (Å²) in [4.78, 5) is 25.0. The zero-order chi connectivity index (χ0) is 12.7. The van der Waals surface area contributed by atoms with Crippen LogP contribution in [-0.2, 0) is 4.79 Å². The lowest BCUT2D eigenvalue weighted by molar-refractivity contribution is -0.133. The molecule has 0 radical (unpaired) electrons. The fourth-order valence-electron chi connectivity index (χ4n) is 1.50. The minimum absolute atomic E-state index is 0.00826. The topological polar surface area (TPSA) is 75.4 Å². The number of rotatable bonds is 2. The van der Waals surface area contributed by atoms with Gasteiger partial charge in [0.2, 0.25) is 0 Å².